The Balaban J connectivity index is 1.60. The molecule has 1 aromatic heterocycles. The highest BCUT2D eigenvalue weighted by Crippen LogP contribution is 2.34. The molecule has 0 unspecified atom stereocenters. The largest absolute Gasteiger partial charge is 0.493 e. The summed E-state index contributed by atoms with van der Waals surface area (Å²) in [4.78, 5) is 21.0. The summed E-state index contributed by atoms with van der Waals surface area (Å²) in [7, 11) is 3.12. The van der Waals surface area contributed by atoms with E-state index < -0.39 is 11.7 Å². The molecular formula is C23H19FN4O3. The minimum atomic E-state index is -0.467. The minimum absolute atomic E-state index is 0.237. The molecule has 0 saturated heterocycles. The average Bonchev–Trinajstić information content (AvgIpc) is 2.78. The number of carbonyl (C=O) groups excluding carboxylic acids is 1. The highest BCUT2D eigenvalue weighted by molar-refractivity contribution is 6.04. The molecule has 0 bridgehead atoms. The third-order valence-corrected chi connectivity index (χ3v) is 4.61. The van der Waals surface area contributed by atoms with Crippen molar-refractivity contribution in [2.24, 2.45) is 0 Å². The Kier molecular flexibility index (Phi) is 5.61. The summed E-state index contributed by atoms with van der Waals surface area (Å²) < 4.78 is 24.1. The number of hydrogen-bond donors (Lipinski definition) is 2. The zero-order valence-corrected chi connectivity index (χ0v) is 16.8. The molecule has 7 nitrogen and oxygen atoms in total. The third-order valence-electron chi connectivity index (χ3n) is 4.61. The monoisotopic (exact) mass is 418 g/mol. The average molecular weight is 418 g/mol. The van der Waals surface area contributed by atoms with E-state index in [1.165, 1.54) is 24.5 Å². The van der Waals surface area contributed by atoms with Crippen molar-refractivity contribution in [3.63, 3.8) is 0 Å². The fourth-order valence-electron chi connectivity index (χ4n) is 3.13. The second-order valence-electron chi connectivity index (χ2n) is 6.62. The molecule has 0 atom stereocenters. The number of carbonyl (C=O) groups is 1. The van der Waals surface area contributed by atoms with Crippen LogP contribution in [0, 0.1) is 5.82 Å². The number of ether oxygens (including phenoxy) is 2. The van der Waals surface area contributed by atoms with Gasteiger partial charge in [-0.1, -0.05) is 12.1 Å². The SMILES string of the molecule is COc1cc2ncnc(Nc3cccc(NC(=O)c4cccc(F)c4)c3)c2cc1OC. The molecule has 0 spiro atoms. The number of fused-ring (bicyclic) bond motifs is 1. The van der Waals surface area contributed by atoms with Crippen molar-refractivity contribution >= 4 is 34.0 Å². The number of benzene rings is 3. The van der Waals surface area contributed by atoms with E-state index >= 15 is 0 Å². The molecule has 0 aliphatic heterocycles. The van der Waals surface area contributed by atoms with Gasteiger partial charge in [-0.3, -0.25) is 4.79 Å². The zero-order chi connectivity index (χ0) is 21.8. The van der Waals surface area contributed by atoms with Crippen LogP contribution in [0.2, 0.25) is 0 Å². The lowest BCUT2D eigenvalue weighted by molar-refractivity contribution is 0.102. The smallest absolute Gasteiger partial charge is 0.255 e. The van der Waals surface area contributed by atoms with Gasteiger partial charge >= 0.3 is 0 Å². The molecule has 0 saturated carbocycles. The van der Waals surface area contributed by atoms with Crippen LogP contribution in [-0.2, 0) is 0 Å². The lowest BCUT2D eigenvalue weighted by atomic mass is 10.2. The van der Waals surface area contributed by atoms with Crippen molar-refractivity contribution in [3.8, 4) is 11.5 Å². The molecule has 0 aliphatic carbocycles. The Hall–Kier alpha value is -4.20. The Labute approximate surface area is 177 Å². The van der Waals surface area contributed by atoms with Crippen LogP contribution in [0.25, 0.3) is 10.9 Å². The van der Waals surface area contributed by atoms with Gasteiger partial charge in [0.15, 0.2) is 11.5 Å². The van der Waals surface area contributed by atoms with Crippen LogP contribution in [0.15, 0.2) is 67.0 Å². The highest BCUT2D eigenvalue weighted by Gasteiger charge is 2.12. The Morgan fingerprint density at radius 2 is 1.65 bits per heavy atom. The molecule has 3 aromatic carbocycles. The maximum absolute atomic E-state index is 13.4. The minimum Gasteiger partial charge on any atom is -0.493 e. The number of nitrogens with one attached hydrogen (secondary N) is 2. The summed E-state index contributed by atoms with van der Waals surface area (Å²) in [6, 6.07) is 16.2. The number of anilines is 3. The fourth-order valence-corrected chi connectivity index (χ4v) is 3.13. The van der Waals surface area contributed by atoms with Gasteiger partial charge in [0.2, 0.25) is 0 Å². The number of methoxy groups -OCH3 is 2. The summed E-state index contributed by atoms with van der Waals surface area (Å²) in [6.07, 6.45) is 1.45. The van der Waals surface area contributed by atoms with E-state index in [2.05, 4.69) is 20.6 Å². The van der Waals surface area contributed by atoms with E-state index in [9.17, 15) is 9.18 Å². The van der Waals surface area contributed by atoms with Crippen LogP contribution in [0.1, 0.15) is 10.4 Å². The van der Waals surface area contributed by atoms with Gasteiger partial charge in [0.25, 0.3) is 5.91 Å². The predicted octanol–water partition coefficient (Wildman–Crippen LogP) is 4.78. The Bertz CT molecular complexity index is 1260. The maximum Gasteiger partial charge on any atom is 0.255 e. The molecule has 1 heterocycles. The van der Waals surface area contributed by atoms with Crippen molar-refractivity contribution in [1.29, 1.82) is 0 Å². The number of halogens is 1. The first kappa shape index (κ1) is 20.1. The Morgan fingerprint density at radius 1 is 0.903 bits per heavy atom. The van der Waals surface area contributed by atoms with Crippen LogP contribution in [0.4, 0.5) is 21.6 Å². The van der Waals surface area contributed by atoms with Gasteiger partial charge in [-0.15, -0.1) is 0 Å². The summed E-state index contributed by atoms with van der Waals surface area (Å²) in [6.45, 7) is 0. The first-order chi connectivity index (χ1) is 15.1. The zero-order valence-electron chi connectivity index (χ0n) is 16.8. The summed E-state index contributed by atoms with van der Waals surface area (Å²) in [5.41, 5.74) is 2.18. The molecule has 1 amide bonds. The third kappa shape index (κ3) is 4.37. The van der Waals surface area contributed by atoms with Gasteiger partial charge in [-0.05, 0) is 42.5 Å². The van der Waals surface area contributed by atoms with Crippen molar-refractivity contribution in [3.05, 3.63) is 78.4 Å². The summed E-state index contributed by atoms with van der Waals surface area (Å²) >= 11 is 0. The van der Waals surface area contributed by atoms with Crippen LogP contribution in [-0.4, -0.2) is 30.1 Å². The highest BCUT2D eigenvalue weighted by atomic mass is 19.1. The van der Waals surface area contributed by atoms with Gasteiger partial charge in [0.1, 0.15) is 18.0 Å². The van der Waals surface area contributed by atoms with Crippen molar-refractivity contribution < 1.29 is 18.7 Å². The molecule has 4 aromatic rings. The molecular weight excluding hydrogens is 399 g/mol. The molecule has 8 heteroatoms. The van der Waals surface area contributed by atoms with E-state index in [1.54, 1.807) is 50.6 Å². The first-order valence-electron chi connectivity index (χ1n) is 9.38. The second-order valence-corrected chi connectivity index (χ2v) is 6.62. The van der Waals surface area contributed by atoms with Crippen LogP contribution >= 0.6 is 0 Å². The molecule has 2 N–H and O–H groups in total. The van der Waals surface area contributed by atoms with Gasteiger partial charge in [-0.25, -0.2) is 14.4 Å². The fraction of sp³-hybridized carbons (Fsp3) is 0.0870. The Morgan fingerprint density at radius 3 is 2.42 bits per heavy atom. The van der Waals surface area contributed by atoms with Gasteiger partial charge in [0.05, 0.1) is 19.7 Å². The molecule has 0 radical (unpaired) electrons. The van der Waals surface area contributed by atoms with Crippen molar-refractivity contribution in [2.45, 2.75) is 0 Å². The van der Waals surface area contributed by atoms with E-state index in [4.69, 9.17) is 9.47 Å². The standard InChI is InChI=1S/C23H19FN4O3/c1-30-20-11-18-19(12-21(20)31-2)25-13-26-22(18)27-16-7-4-8-17(10-16)28-23(29)14-5-3-6-15(24)9-14/h3-13H,1-2H3,(H,28,29)(H,25,26,27). The maximum atomic E-state index is 13.4. The number of amides is 1. The predicted molar refractivity (Wildman–Crippen MR) is 117 cm³/mol. The molecule has 0 aliphatic rings. The van der Waals surface area contributed by atoms with Crippen molar-refractivity contribution in [2.75, 3.05) is 24.9 Å². The quantitative estimate of drug-likeness (QED) is 0.469. The first-order valence-corrected chi connectivity index (χ1v) is 9.38. The van der Waals surface area contributed by atoms with E-state index in [0.717, 1.165) is 5.39 Å². The van der Waals surface area contributed by atoms with Crippen LogP contribution in [0.3, 0.4) is 0 Å². The number of nitrogens with zero attached hydrogens (tertiary/aromatic N) is 2. The second kappa shape index (κ2) is 8.66. The normalized spacial score (nSPS) is 10.5. The van der Waals surface area contributed by atoms with Crippen LogP contribution < -0.4 is 20.1 Å². The molecule has 4 rings (SSSR count). The lowest BCUT2D eigenvalue weighted by Gasteiger charge is -2.13. The summed E-state index contributed by atoms with van der Waals surface area (Å²) in [5.74, 6) is 0.831. The molecule has 31 heavy (non-hydrogen) atoms. The van der Waals surface area contributed by atoms with Gasteiger partial charge < -0.3 is 20.1 Å². The molecule has 0 fully saturated rings. The van der Waals surface area contributed by atoms with Gasteiger partial charge in [-0.2, -0.15) is 0 Å². The topological polar surface area (TPSA) is 85.4 Å². The lowest BCUT2D eigenvalue weighted by Crippen LogP contribution is -2.12. The van der Waals surface area contributed by atoms with E-state index in [-0.39, 0.29) is 5.56 Å². The van der Waals surface area contributed by atoms with Gasteiger partial charge in [0, 0.05) is 28.4 Å². The van der Waals surface area contributed by atoms with Crippen LogP contribution in [0.5, 0.6) is 11.5 Å². The number of hydrogen-bond acceptors (Lipinski definition) is 6. The number of rotatable bonds is 6. The van der Waals surface area contributed by atoms with E-state index in [0.29, 0.717) is 34.2 Å². The van der Waals surface area contributed by atoms with Crippen molar-refractivity contribution in [1.82, 2.24) is 9.97 Å². The van der Waals surface area contributed by atoms with E-state index in [1.807, 2.05) is 6.07 Å². The molecule has 156 valence electrons. The summed E-state index contributed by atoms with van der Waals surface area (Å²) in [5, 5.41) is 6.75. The number of aromatic nitrogens is 2.